The summed E-state index contributed by atoms with van der Waals surface area (Å²) >= 11 is 2.70. The van der Waals surface area contributed by atoms with E-state index in [1.807, 2.05) is 41.3 Å². The van der Waals surface area contributed by atoms with E-state index in [0.717, 1.165) is 47.5 Å². The molecule has 1 aliphatic heterocycles. The van der Waals surface area contributed by atoms with E-state index in [9.17, 15) is 9.59 Å². The van der Waals surface area contributed by atoms with Crippen molar-refractivity contribution in [3.63, 3.8) is 0 Å². The predicted octanol–water partition coefficient (Wildman–Crippen LogP) is 4.41. The Labute approximate surface area is 205 Å². The lowest BCUT2D eigenvalue weighted by Crippen LogP contribution is -2.40. The molecule has 0 saturated carbocycles. The van der Waals surface area contributed by atoms with Crippen LogP contribution in [-0.2, 0) is 11.3 Å². The molecule has 1 amide bonds. The number of hydrogen-bond donors (Lipinski definition) is 0. The van der Waals surface area contributed by atoms with E-state index in [-0.39, 0.29) is 17.2 Å². The summed E-state index contributed by atoms with van der Waals surface area (Å²) in [6.07, 6.45) is 3.93. The number of thioether (sulfide) groups is 1. The van der Waals surface area contributed by atoms with E-state index in [0.29, 0.717) is 27.8 Å². The zero-order valence-corrected chi connectivity index (χ0v) is 20.8. The van der Waals surface area contributed by atoms with Crippen LogP contribution < -0.4 is 10.3 Å². The second-order valence-corrected chi connectivity index (χ2v) is 10.6. The molecule has 4 aromatic rings. The van der Waals surface area contributed by atoms with Crippen molar-refractivity contribution >= 4 is 49.4 Å². The van der Waals surface area contributed by atoms with Gasteiger partial charge in [-0.25, -0.2) is 9.97 Å². The molecule has 176 valence electrons. The number of benzene rings is 1. The SMILES string of the molecule is COc1ccc(Cn2c(SCC(=O)N3CCCC(C)C3)nc3c(sc4ncccc43)c2=O)cc1. The molecule has 34 heavy (non-hydrogen) atoms. The maximum absolute atomic E-state index is 13.6. The molecule has 1 saturated heterocycles. The first-order valence-electron chi connectivity index (χ1n) is 11.3. The average molecular weight is 495 g/mol. The molecule has 1 aromatic carbocycles. The van der Waals surface area contributed by atoms with Gasteiger partial charge in [0.25, 0.3) is 5.56 Å². The molecule has 9 heteroatoms. The van der Waals surface area contributed by atoms with Crippen LogP contribution in [-0.4, -0.2) is 51.3 Å². The molecule has 1 aliphatic rings. The normalized spacial score (nSPS) is 16.3. The maximum atomic E-state index is 13.6. The van der Waals surface area contributed by atoms with Gasteiger partial charge in [-0.1, -0.05) is 30.8 Å². The van der Waals surface area contributed by atoms with Crippen molar-refractivity contribution in [2.45, 2.75) is 31.5 Å². The van der Waals surface area contributed by atoms with Crippen molar-refractivity contribution in [3.8, 4) is 5.75 Å². The highest BCUT2D eigenvalue weighted by Gasteiger charge is 2.23. The Morgan fingerprint density at radius 3 is 2.85 bits per heavy atom. The molecule has 7 nitrogen and oxygen atoms in total. The molecule has 0 N–H and O–H groups in total. The summed E-state index contributed by atoms with van der Waals surface area (Å²) in [7, 11) is 1.63. The Balaban J connectivity index is 1.51. The Bertz CT molecular complexity index is 1400. The van der Waals surface area contributed by atoms with Crippen LogP contribution in [0.4, 0.5) is 0 Å². The van der Waals surface area contributed by atoms with Crippen molar-refractivity contribution in [2.24, 2.45) is 5.92 Å². The largest absolute Gasteiger partial charge is 0.497 e. The van der Waals surface area contributed by atoms with Gasteiger partial charge in [0.05, 0.1) is 24.9 Å². The fourth-order valence-electron chi connectivity index (χ4n) is 4.34. The van der Waals surface area contributed by atoms with Gasteiger partial charge in [0.2, 0.25) is 5.91 Å². The van der Waals surface area contributed by atoms with Crippen molar-refractivity contribution in [3.05, 3.63) is 58.5 Å². The number of carbonyl (C=O) groups excluding carboxylic acids is 1. The monoisotopic (exact) mass is 494 g/mol. The van der Waals surface area contributed by atoms with Crippen LogP contribution in [0.5, 0.6) is 5.75 Å². The standard InChI is InChI=1S/C25H26N4O3S2/c1-16-5-4-12-28(13-16)20(30)15-33-25-27-21-19-6-3-11-26-23(19)34-22(21)24(31)29(25)14-17-7-9-18(32-2)10-8-17/h3,6-11,16H,4-5,12-15H2,1-2H3. The van der Waals surface area contributed by atoms with Crippen LogP contribution >= 0.6 is 23.1 Å². The van der Waals surface area contributed by atoms with Crippen molar-refractivity contribution in [1.82, 2.24) is 19.4 Å². The molecule has 0 spiro atoms. The van der Waals surface area contributed by atoms with Gasteiger partial charge in [-0.05, 0) is 48.6 Å². The third-order valence-corrected chi connectivity index (χ3v) is 8.20. The number of nitrogens with zero attached hydrogens (tertiary/aromatic N) is 4. The average Bonchev–Trinajstić information content (AvgIpc) is 3.24. The van der Waals surface area contributed by atoms with Gasteiger partial charge in [-0.3, -0.25) is 14.2 Å². The van der Waals surface area contributed by atoms with E-state index in [1.54, 1.807) is 17.9 Å². The topological polar surface area (TPSA) is 77.3 Å². The van der Waals surface area contributed by atoms with Crippen LogP contribution in [0.2, 0.25) is 0 Å². The number of methoxy groups -OCH3 is 1. The Hall–Kier alpha value is -2.91. The summed E-state index contributed by atoms with van der Waals surface area (Å²) in [5, 5.41) is 1.42. The number of carbonyl (C=O) groups is 1. The molecule has 0 radical (unpaired) electrons. The number of thiophene rings is 1. The summed E-state index contributed by atoms with van der Waals surface area (Å²) in [6, 6.07) is 11.4. The summed E-state index contributed by atoms with van der Waals surface area (Å²) in [5.41, 5.74) is 1.51. The molecule has 0 bridgehead atoms. The minimum atomic E-state index is -0.106. The summed E-state index contributed by atoms with van der Waals surface area (Å²) in [6.45, 7) is 4.15. The van der Waals surface area contributed by atoms with Crippen LogP contribution in [0, 0.1) is 5.92 Å². The number of piperidine rings is 1. The Morgan fingerprint density at radius 1 is 1.26 bits per heavy atom. The van der Waals surface area contributed by atoms with Crippen LogP contribution in [0.25, 0.3) is 20.4 Å². The second-order valence-electron chi connectivity index (χ2n) is 8.65. The highest BCUT2D eigenvalue weighted by Crippen LogP contribution is 2.31. The molecular formula is C25H26N4O3S2. The Morgan fingerprint density at radius 2 is 2.09 bits per heavy atom. The first kappa shape index (κ1) is 22.9. The highest BCUT2D eigenvalue weighted by atomic mass is 32.2. The van der Waals surface area contributed by atoms with Gasteiger partial charge in [-0.15, -0.1) is 11.3 Å². The number of amides is 1. The third kappa shape index (κ3) is 4.54. The van der Waals surface area contributed by atoms with Gasteiger partial charge >= 0.3 is 0 Å². The quantitative estimate of drug-likeness (QED) is 0.292. The van der Waals surface area contributed by atoms with Crippen molar-refractivity contribution in [2.75, 3.05) is 26.0 Å². The number of fused-ring (bicyclic) bond motifs is 3. The number of ether oxygens (including phenoxy) is 1. The lowest BCUT2D eigenvalue weighted by Gasteiger charge is -2.30. The number of aromatic nitrogens is 3. The first-order chi connectivity index (χ1) is 16.5. The van der Waals surface area contributed by atoms with E-state index < -0.39 is 0 Å². The number of rotatable bonds is 6. The molecule has 1 atom stereocenters. The maximum Gasteiger partial charge on any atom is 0.272 e. The van der Waals surface area contributed by atoms with E-state index in [4.69, 9.17) is 9.72 Å². The van der Waals surface area contributed by atoms with Crippen LogP contribution in [0.1, 0.15) is 25.3 Å². The second kappa shape index (κ2) is 9.76. The molecule has 1 fully saturated rings. The van der Waals surface area contributed by atoms with Crippen LogP contribution in [0.3, 0.4) is 0 Å². The molecule has 1 unspecified atom stereocenters. The number of likely N-dealkylation sites (tertiary alicyclic amines) is 1. The zero-order chi connectivity index (χ0) is 23.7. The van der Waals surface area contributed by atoms with E-state index in [2.05, 4.69) is 11.9 Å². The first-order valence-corrected chi connectivity index (χ1v) is 13.1. The smallest absolute Gasteiger partial charge is 0.272 e. The van der Waals surface area contributed by atoms with Gasteiger partial charge in [0.1, 0.15) is 15.3 Å². The van der Waals surface area contributed by atoms with Gasteiger partial charge in [0, 0.05) is 24.7 Å². The number of hydrogen-bond acceptors (Lipinski definition) is 7. The molecular weight excluding hydrogens is 468 g/mol. The molecule has 4 heterocycles. The lowest BCUT2D eigenvalue weighted by molar-refractivity contribution is -0.130. The minimum absolute atomic E-state index is 0.0961. The summed E-state index contributed by atoms with van der Waals surface area (Å²) < 4.78 is 7.52. The summed E-state index contributed by atoms with van der Waals surface area (Å²) in [5.74, 6) is 1.64. The predicted molar refractivity (Wildman–Crippen MR) is 137 cm³/mol. The minimum Gasteiger partial charge on any atom is -0.497 e. The van der Waals surface area contributed by atoms with Crippen molar-refractivity contribution in [1.29, 1.82) is 0 Å². The van der Waals surface area contributed by atoms with E-state index >= 15 is 0 Å². The lowest BCUT2D eigenvalue weighted by atomic mass is 10.0. The van der Waals surface area contributed by atoms with Crippen LogP contribution in [0.15, 0.2) is 52.5 Å². The molecule has 5 rings (SSSR count). The van der Waals surface area contributed by atoms with E-state index in [1.165, 1.54) is 23.1 Å². The highest BCUT2D eigenvalue weighted by molar-refractivity contribution is 7.99. The Kier molecular flexibility index (Phi) is 6.56. The van der Waals surface area contributed by atoms with Crippen molar-refractivity contribution < 1.29 is 9.53 Å². The summed E-state index contributed by atoms with van der Waals surface area (Å²) in [4.78, 5) is 38.6. The van der Waals surface area contributed by atoms with Gasteiger partial charge < -0.3 is 9.64 Å². The fraction of sp³-hybridized carbons (Fsp3) is 0.360. The zero-order valence-electron chi connectivity index (χ0n) is 19.2. The third-order valence-electron chi connectivity index (χ3n) is 6.15. The fourth-order valence-corrected chi connectivity index (χ4v) is 6.26. The molecule has 3 aromatic heterocycles. The van der Waals surface area contributed by atoms with Gasteiger partial charge in [-0.2, -0.15) is 0 Å². The van der Waals surface area contributed by atoms with Gasteiger partial charge in [0.15, 0.2) is 5.16 Å². The number of pyridine rings is 1. The molecule has 0 aliphatic carbocycles.